The summed E-state index contributed by atoms with van der Waals surface area (Å²) in [5, 5.41) is 9.14. The molecule has 0 aromatic carbocycles. The monoisotopic (exact) mass is 411 g/mol. The van der Waals surface area contributed by atoms with Crippen LogP contribution in [0.2, 0.25) is 0 Å². The van der Waals surface area contributed by atoms with Gasteiger partial charge in [-0.3, -0.25) is 0 Å². The number of carbonyl (C=O) groups is 1. The highest BCUT2D eigenvalue weighted by atomic mass is 35.5. The second-order valence-corrected chi connectivity index (χ2v) is 6.28. The first-order valence-electron chi connectivity index (χ1n) is 7.42. The summed E-state index contributed by atoms with van der Waals surface area (Å²) < 4.78 is 1.90. The van der Waals surface area contributed by atoms with Crippen LogP contribution in [-0.4, -0.2) is 69.3 Å². The molecular weight excluding hydrogens is 373 g/mol. The standard InChI is InChI=1S/2C8H16N.C3H4O2.2ClH.H3N/c2*1-5-7-9(3,4)8-6-2;1-2-3(4)5;;;/h2*5-6H,1-2,7-8H2,3-4H3;2H,1H2,(H,4,5);2*1H;1H3/q2*+1;;;;/p-2. The minimum atomic E-state index is -1.23. The van der Waals surface area contributed by atoms with Gasteiger partial charge in [0.2, 0.25) is 0 Å². The van der Waals surface area contributed by atoms with Crippen molar-refractivity contribution in [1.82, 2.24) is 6.15 Å². The molecule has 0 rings (SSSR count). The summed E-state index contributed by atoms with van der Waals surface area (Å²) in [6.07, 6.45) is 8.46. The topological polar surface area (TPSA) is 75.1 Å². The van der Waals surface area contributed by atoms with Gasteiger partial charge < -0.3 is 37.4 Å². The average molecular weight is 412 g/mol. The Morgan fingerprint density at radius 2 is 0.923 bits per heavy atom. The molecule has 0 radical (unpaired) electrons. The summed E-state index contributed by atoms with van der Waals surface area (Å²) in [6, 6.07) is 0. The van der Waals surface area contributed by atoms with E-state index in [1.165, 1.54) is 0 Å². The van der Waals surface area contributed by atoms with Crippen molar-refractivity contribution in [3.63, 3.8) is 0 Å². The lowest BCUT2D eigenvalue weighted by molar-refractivity contribution is -0.878. The fraction of sp³-hybridized carbons (Fsp3) is 0.421. The Bertz CT molecular complexity index is 344. The maximum absolute atomic E-state index is 9.14. The Morgan fingerprint density at radius 3 is 1.00 bits per heavy atom. The van der Waals surface area contributed by atoms with Gasteiger partial charge in [-0.25, -0.2) is 0 Å². The van der Waals surface area contributed by atoms with E-state index in [4.69, 9.17) is 9.90 Å². The number of rotatable bonds is 9. The molecule has 0 saturated carbocycles. The van der Waals surface area contributed by atoms with Crippen LogP contribution in [0.15, 0.2) is 63.3 Å². The third-order valence-corrected chi connectivity index (χ3v) is 2.66. The molecule has 156 valence electrons. The van der Waals surface area contributed by atoms with Gasteiger partial charge in [0.15, 0.2) is 0 Å². The zero-order chi connectivity index (χ0) is 18.9. The van der Waals surface area contributed by atoms with Gasteiger partial charge in [0.25, 0.3) is 0 Å². The molecule has 0 unspecified atom stereocenters. The van der Waals surface area contributed by atoms with Crippen LogP contribution in [0.1, 0.15) is 0 Å². The van der Waals surface area contributed by atoms with Crippen molar-refractivity contribution in [3.05, 3.63) is 63.3 Å². The van der Waals surface area contributed by atoms with E-state index in [0.29, 0.717) is 0 Å². The van der Waals surface area contributed by atoms with Gasteiger partial charge in [0, 0.05) is 0 Å². The zero-order valence-corrected chi connectivity index (χ0v) is 18.5. The van der Waals surface area contributed by atoms with Crippen molar-refractivity contribution in [3.8, 4) is 0 Å². The van der Waals surface area contributed by atoms with Gasteiger partial charge in [0.05, 0.1) is 60.3 Å². The molecule has 0 aliphatic heterocycles. The Kier molecular flexibility index (Phi) is 36.0. The van der Waals surface area contributed by atoms with Crippen molar-refractivity contribution < 1.29 is 31.3 Å². The first-order chi connectivity index (χ1) is 10.5. The van der Waals surface area contributed by atoms with E-state index in [1.54, 1.807) is 0 Å². The largest absolute Gasteiger partial charge is 1.00 e. The van der Waals surface area contributed by atoms with Crippen LogP contribution in [-0.2, 0) is 4.79 Å². The predicted molar refractivity (Wildman–Crippen MR) is 112 cm³/mol. The van der Waals surface area contributed by atoms with Crippen molar-refractivity contribution in [2.75, 3.05) is 54.4 Å². The highest BCUT2D eigenvalue weighted by Gasteiger charge is 2.08. The SMILES string of the molecule is C=CC(=O)[O-].C=CC[N+](C)(C)CC=C.C=CC[N+](C)(C)CC=C.Cl.N.[Cl-]. The first kappa shape index (κ1) is 39.6. The number of carboxylic acid groups (broad SMARTS) is 1. The van der Waals surface area contributed by atoms with E-state index in [2.05, 4.69) is 61.1 Å². The van der Waals surface area contributed by atoms with Crippen LogP contribution in [0.4, 0.5) is 0 Å². The lowest BCUT2D eigenvalue weighted by Crippen LogP contribution is -3.00. The number of carbonyl (C=O) groups excluding carboxylic acids is 1. The number of quaternary nitrogens is 2. The number of hydrogen-bond acceptors (Lipinski definition) is 3. The molecule has 0 aliphatic rings. The van der Waals surface area contributed by atoms with Crippen LogP contribution in [0, 0.1) is 0 Å². The van der Waals surface area contributed by atoms with Gasteiger partial charge >= 0.3 is 0 Å². The maximum Gasteiger partial charge on any atom is 0.0969 e. The van der Waals surface area contributed by atoms with E-state index in [0.717, 1.165) is 41.2 Å². The van der Waals surface area contributed by atoms with Crippen LogP contribution >= 0.6 is 12.4 Å². The molecule has 0 amide bonds. The molecule has 0 aromatic rings. The molecule has 26 heavy (non-hydrogen) atoms. The molecule has 3 N–H and O–H groups in total. The Labute approximate surface area is 173 Å². The smallest absolute Gasteiger partial charge is 0.0969 e. The Balaban J connectivity index is -0.0000000566. The van der Waals surface area contributed by atoms with Crippen molar-refractivity contribution in [2.45, 2.75) is 0 Å². The van der Waals surface area contributed by atoms with E-state index < -0.39 is 5.97 Å². The van der Waals surface area contributed by atoms with E-state index >= 15 is 0 Å². The van der Waals surface area contributed by atoms with Gasteiger partial charge in [-0.05, 0) is 30.4 Å². The molecule has 0 fully saturated rings. The number of halogens is 2. The molecule has 0 aromatic heterocycles. The molecule has 0 saturated heterocycles. The minimum absolute atomic E-state index is 0. The Morgan fingerprint density at radius 1 is 0.769 bits per heavy atom. The highest BCUT2D eigenvalue weighted by Crippen LogP contribution is 1.95. The van der Waals surface area contributed by atoms with Gasteiger partial charge in [0.1, 0.15) is 0 Å². The normalized spacial score (nSPS) is 8.77. The Hall–Kier alpha value is -1.37. The fourth-order valence-electron chi connectivity index (χ4n) is 1.55. The fourth-order valence-corrected chi connectivity index (χ4v) is 1.55. The first-order valence-corrected chi connectivity index (χ1v) is 7.42. The third-order valence-electron chi connectivity index (χ3n) is 2.66. The zero-order valence-electron chi connectivity index (χ0n) is 17.0. The second-order valence-electron chi connectivity index (χ2n) is 6.28. The van der Waals surface area contributed by atoms with Crippen molar-refractivity contribution in [1.29, 1.82) is 0 Å². The number of aliphatic carboxylic acids is 1. The third kappa shape index (κ3) is 38.3. The number of hydrogen-bond donors (Lipinski definition) is 1. The number of nitrogens with zero attached hydrogens (tertiary/aromatic N) is 2. The van der Waals surface area contributed by atoms with E-state index in [-0.39, 0.29) is 31.0 Å². The molecule has 0 heterocycles. The number of carboxylic acids is 1. The highest BCUT2D eigenvalue weighted by molar-refractivity contribution is 5.85. The molecule has 0 bridgehead atoms. The summed E-state index contributed by atoms with van der Waals surface area (Å²) in [7, 11) is 8.62. The summed E-state index contributed by atoms with van der Waals surface area (Å²) in [4.78, 5) is 9.14. The van der Waals surface area contributed by atoms with Gasteiger partial charge in [-0.15, -0.1) is 12.4 Å². The molecule has 0 atom stereocenters. The predicted octanol–water partition coefficient (Wildman–Crippen LogP) is -0.620. The molecule has 0 aliphatic carbocycles. The van der Waals surface area contributed by atoms with Crippen molar-refractivity contribution in [2.24, 2.45) is 0 Å². The van der Waals surface area contributed by atoms with Gasteiger partial charge in [-0.2, -0.15) is 0 Å². The minimum Gasteiger partial charge on any atom is -1.00 e. The van der Waals surface area contributed by atoms with E-state index in [1.807, 2.05) is 24.3 Å². The van der Waals surface area contributed by atoms with Crippen molar-refractivity contribution >= 4 is 18.4 Å². The molecule has 5 nitrogen and oxygen atoms in total. The van der Waals surface area contributed by atoms with Crippen LogP contribution in [0.3, 0.4) is 0 Å². The summed E-state index contributed by atoms with van der Waals surface area (Å²) in [5.41, 5.74) is 0. The maximum atomic E-state index is 9.14. The van der Waals surface area contributed by atoms with Gasteiger partial charge in [-0.1, -0.05) is 32.9 Å². The molecule has 7 heteroatoms. The van der Waals surface area contributed by atoms with Crippen LogP contribution in [0.5, 0.6) is 0 Å². The summed E-state index contributed by atoms with van der Waals surface area (Å²) in [6.45, 7) is 21.6. The van der Waals surface area contributed by atoms with E-state index in [9.17, 15) is 0 Å². The summed E-state index contributed by atoms with van der Waals surface area (Å²) >= 11 is 0. The molecular formula is C19H39Cl2N3O2. The summed E-state index contributed by atoms with van der Waals surface area (Å²) in [5.74, 6) is -1.23. The lowest BCUT2D eigenvalue weighted by atomic mass is 10.4. The lowest BCUT2D eigenvalue weighted by Gasteiger charge is -2.26. The average Bonchev–Trinajstić information content (AvgIpc) is 2.39. The van der Waals surface area contributed by atoms with Crippen LogP contribution < -0.4 is 23.7 Å². The van der Waals surface area contributed by atoms with Crippen LogP contribution in [0.25, 0.3) is 0 Å². The quantitative estimate of drug-likeness (QED) is 0.312. The molecule has 0 spiro atoms. The number of likely N-dealkylation sites (N-methyl/N-ethyl adjacent to an activating group) is 2. The second kappa shape index (κ2) is 23.6.